The molecule has 15 heavy (non-hydrogen) atoms. The van der Waals surface area contributed by atoms with E-state index in [0.29, 0.717) is 12.1 Å². The summed E-state index contributed by atoms with van der Waals surface area (Å²) in [7, 11) is 1.65. The fourth-order valence-electron chi connectivity index (χ4n) is 1.11. The average molecular weight is 206 g/mol. The molecule has 4 heteroatoms. The maximum atomic E-state index is 13.0. The van der Waals surface area contributed by atoms with Gasteiger partial charge in [0.25, 0.3) is 5.91 Å². The van der Waals surface area contributed by atoms with Crippen molar-refractivity contribution in [3.05, 3.63) is 35.1 Å². The second-order valence-electron chi connectivity index (χ2n) is 3.13. The monoisotopic (exact) mass is 206 g/mol. The van der Waals surface area contributed by atoms with E-state index in [1.165, 1.54) is 17.0 Å². The molecular weight excluding hydrogens is 195 g/mol. The minimum absolute atomic E-state index is 0.106. The van der Waals surface area contributed by atoms with Gasteiger partial charge in [-0.3, -0.25) is 4.79 Å². The lowest BCUT2D eigenvalue weighted by Gasteiger charge is -2.14. The summed E-state index contributed by atoms with van der Waals surface area (Å²) < 4.78 is 13.0. The van der Waals surface area contributed by atoms with Gasteiger partial charge in [0.05, 0.1) is 5.56 Å². The average Bonchev–Trinajstić information content (AvgIpc) is 2.27. The Morgan fingerprint density at radius 3 is 2.80 bits per heavy atom. The number of rotatable bonds is 2. The van der Waals surface area contributed by atoms with Gasteiger partial charge in [-0.15, -0.1) is 0 Å². The molecule has 1 aromatic carbocycles. The zero-order valence-corrected chi connectivity index (χ0v) is 8.62. The Balaban J connectivity index is 3.07. The van der Waals surface area contributed by atoms with Crippen LogP contribution < -0.4 is 0 Å². The fraction of sp³-hybridized carbons (Fsp3) is 0.273. The highest BCUT2D eigenvalue weighted by Crippen LogP contribution is 2.11. The van der Waals surface area contributed by atoms with Crippen LogP contribution in [0.2, 0.25) is 0 Å². The fourth-order valence-corrected chi connectivity index (χ4v) is 1.11. The number of carbonyl (C=O) groups is 1. The molecule has 0 bridgehead atoms. The maximum absolute atomic E-state index is 13.0. The predicted octanol–water partition coefficient (Wildman–Crippen LogP) is 1.79. The highest BCUT2D eigenvalue weighted by atomic mass is 19.1. The molecule has 78 valence electrons. The molecule has 0 saturated heterocycles. The second-order valence-corrected chi connectivity index (χ2v) is 3.13. The van der Waals surface area contributed by atoms with E-state index in [9.17, 15) is 9.18 Å². The minimum atomic E-state index is -0.604. The molecule has 1 aromatic rings. The van der Waals surface area contributed by atoms with Gasteiger partial charge < -0.3 is 4.90 Å². The number of hydrogen-bond donors (Lipinski definition) is 0. The van der Waals surface area contributed by atoms with E-state index in [-0.39, 0.29) is 11.5 Å². The Hall–Kier alpha value is -1.89. The van der Waals surface area contributed by atoms with Crippen molar-refractivity contribution in [1.29, 1.82) is 5.26 Å². The summed E-state index contributed by atoms with van der Waals surface area (Å²) in [5.74, 6) is -0.817. The van der Waals surface area contributed by atoms with E-state index >= 15 is 0 Å². The van der Waals surface area contributed by atoms with E-state index in [1.54, 1.807) is 13.1 Å². The highest BCUT2D eigenvalue weighted by Gasteiger charge is 2.12. The first kappa shape index (κ1) is 11.2. The first-order valence-electron chi connectivity index (χ1n) is 4.55. The van der Waals surface area contributed by atoms with Crippen molar-refractivity contribution < 1.29 is 9.18 Å². The molecule has 1 amide bonds. The van der Waals surface area contributed by atoms with Crippen LogP contribution in [0.5, 0.6) is 0 Å². The predicted molar refractivity (Wildman–Crippen MR) is 53.7 cm³/mol. The Morgan fingerprint density at radius 1 is 1.60 bits per heavy atom. The van der Waals surface area contributed by atoms with Gasteiger partial charge in [-0.1, -0.05) is 0 Å². The molecule has 0 N–H and O–H groups in total. The van der Waals surface area contributed by atoms with Crippen molar-refractivity contribution in [3.63, 3.8) is 0 Å². The Bertz CT molecular complexity index is 423. The summed E-state index contributed by atoms with van der Waals surface area (Å²) in [6.07, 6.45) is 0. The third kappa shape index (κ3) is 2.32. The summed E-state index contributed by atoms with van der Waals surface area (Å²) in [5.41, 5.74) is 0.225. The summed E-state index contributed by atoms with van der Waals surface area (Å²) >= 11 is 0. The van der Waals surface area contributed by atoms with Crippen molar-refractivity contribution in [3.8, 4) is 6.07 Å². The summed E-state index contributed by atoms with van der Waals surface area (Å²) in [6, 6.07) is 5.48. The van der Waals surface area contributed by atoms with Crippen molar-refractivity contribution in [2.24, 2.45) is 0 Å². The van der Waals surface area contributed by atoms with E-state index in [0.717, 1.165) is 6.07 Å². The van der Waals surface area contributed by atoms with Crippen LogP contribution >= 0.6 is 0 Å². The van der Waals surface area contributed by atoms with Crippen LogP contribution in [0, 0.1) is 17.1 Å². The molecule has 0 unspecified atom stereocenters. The van der Waals surface area contributed by atoms with Crippen LogP contribution in [0.25, 0.3) is 0 Å². The van der Waals surface area contributed by atoms with E-state index in [4.69, 9.17) is 5.26 Å². The molecule has 0 aromatic heterocycles. The van der Waals surface area contributed by atoms with Gasteiger partial charge in [0, 0.05) is 19.2 Å². The Kier molecular flexibility index (Phi) is 3.40. The first-order chi connectivity index (χ1) is 7.10. The van der Waals surface area contributed by atoms with E-state index in [1.807, 2.05) is 6.92 Å². The van der Waals surface area contributed by atoms with Crippen LogP contribution in [0.15, 0.2) is 18.2 Å². The number of benzene rings is 1. The second kappa shape index (κ2) is 4.56. The number of nitrogens with zero attached hydrogens (tertiary/aromatic N) is 2. The molecule has 0 fully saturated rings. The Labute approximate surface area is 87.7 Å². The van der Waals surface area contributed by atoms with Gasteiger partial charge in [0.15, 0.2) is 0 Å². The summed E-state index contributed by atoms with van der Waals surface area (Å²) in [5, 5.41) is 8.61. The van der Waals surface area contributed by atoms with Gasteiger partial charge in [0.1, 0.15) is 11.9 Å². The van der Waals surface area contributed by atoms with Crippen LogP contribution in [0.4, 0.5) is 4.39 Å². The van der Waals surface area contributed by atoms with Crippen LogP contribution in [0.3, 0.4) is 0 Å². The molecule has 0 heterocycles. The number of nitriles is 1. The molecule has 0 aliphatic rings. The third-order valence-electron chi connectivity index (χ3n) is 2.15. The SMILES string of the molecule is CCN(C)C(=O)c1ccc(F)c(C#N)c1. The van der Waals surface area contributed by atoms with Crippen molar-refractivity contribution >= 4 is 5.91 Å². The van der Waals surface area contributed by atoms with Crippen LogP contribution in [0.1, 0.15) is 22.8 Å². The molecule has 0 aliphatic carbocycles. The standard InChI is InChI=1S/C11H11FN2O/c1-3-14(2)11(15)8-4-5-10(12)9(6-8)7-13/h4-6H,3H2,1-2H3. The molecule has 0 spiro atoms. The van der Waals surface area contributed by atoms with E-state index in [2.05, 4.69) is 0 Å². The summed E-state index contributed by atoms with van der Waals surface area (Å²) in [6.45, 7) is 2.41. The maximum Gasteiger partial charge on any atom is 0.253 e. The highest BCUT2D eigenvalue weighted by molar-refractivity contribution is 5.94. The number of hydrogen-bond acceptors (Lipinski definition) is 2. The van der Waals surface area contributed by atoms with Gasteiger partial charge >= 0.3 is 0 Å². The topological polar surface area (TPSA) is 44.1 Å². The molecular formula is C11H11FN2O. The van der Waals surface area contributed by atoms with Gasteiger partial charge in [-0.2, -0.15) is 5.26 Å². The molecule has 0 aliphatic heterocycles. The number of carbonyl (C=O) groups excluding carboxylic acids is 1. The zero-order valence-electron chi connectivity index (χ0n) is 8.62. The molecule has 1 rings (SSSR count). The van der Waals surface area contributed by atoms with Crippen molar-refractivity contribution in [1.82, 2.24) is 4.90 Å². The van der Waals surface area contributed by atoms with Crippen LogP contribution in [-0.4, -0.2) is 24.4 Å². The van der Waals surface area contributed by atoms with Crippen molar-refractivity contribution in [2.75, 3.05) is 13.6 Å². The normalized spacial score (nSPS) is 9.47. The molecule has 3 nitrogen and oxygen atoms in total. The van der Waals surface area contributed by atoms with Crippen molar-refractivity contribution in [2.45, 2.75) is 6.92 Å². The summed E-state index contributed by atoms with van der Waals surface area (Å²) in [4.78, 5) is 13.1. The first-order valence-corrected chi connectivity index (χ1v) is 4.55. The van der Waals surface area contributed by atoms with Crippen LogP contribution in [-0.2, 0) is 0 Å². The molecule has 0 atom stereocenters. The number of amides is 1. The molecule has 0 saturated carbocycles. The lowest BCUT2D eigenvalue weighted by Crippen LogP contribution is -2.26. The number of halogens is 1. The largest absolute Gasteiger partial charge is 0.342 e. The third-order valence-corrected chi connectivity index (χ3v) is 2.15. The lowest BCUT2D eigenvalue weighted by atomic mass is 10.1. The lowest BCUT2D eigenvalue weighted by molar-refractivity contribution is 0.0802. The zero-order chi connectivity index (χ0) is 11.4. The smallest absolute Gasteiger partial charge is 0.253 e. The molecule has 0 radical (unpaired) electrons. The van der Waals surface area contributed by atoms with Gasteiger partial charge in [-0.25, -0.2) is 4.39 Å². The van der Waals surface area contributed by atoms with Gasteiger partial charge in [0.2, 0.25) is 0 Å². The quantitative estimate of drug-likeness (QED) is 0.740. The van der Waals surface area contributed by atoms with E-state index < -0.39 is 5.82 Å². The minimum Gasteiger partial charge on any atom is -0.342 e. The Morgan fingerprint density at radius 2 is 2.27 bits per heavy atom. The van der Waals surface area contributed by atoms with Gasteiger partial charge in [-0.05, 0) is 25.1 Å².